The van der Waals surface area contributed by atoms with Crippen LogP contribution in [-0.4, -0.2) is 48.2 Å². The average molecular weight is 328 g/mol. The standard InChI is InChI=1S/C15H18ClNO5/c1-3-22-13-10(16)7-9(8-12(13)21-2)14(18)17-6-4-5-11(17)15(19)20/h7-8,11H,3-6H2,1-2H3,(H,19,20). The van der Waals surface area contributed by atoms with Gasteiger partial charge in [0.25, 0.3) is 5.91 Å². The summed E-state index contributed by atoms with van der Waals surface area (Å²) in [7, 11) is 1.46. The van der Waals surface area contributed by atoms with E-state index in [2.05, 4.69) is 0 Å². The number of nitrogens with zero attached hydrogens (tertiary/aromatic N) is 1. The smallest absolute Gasteiger partial charge is 0.326 e. The molecular weight excluding hydrogens is 310 g/mol. The third-order valence-corrected chi connectivity index (χ3v) is 3.84. The number of hydrogen-bond donors (Lipinski definition) is 1. The van der Waals surface area contributed by atoms with Crippen LogP contribution in [0.4, 0.5) is 0 Å². The van der Waals surface area contributed by atoms with E-state index in [9.17, 15) is 14.7 Å². The lowest BCUT2D eigenvalue weighted by molar-refractivity contribution is -0.141. The van der Waals surface area contributed by atoms with Gasteiger partial charge in [-0.1, -0.05) is 11.6 Å². The molecule has 1 aliphatic heterocycles. The molecule has 120 valence electrons. The van der Waals surface area contributed by atoms with E-state index in [0.717, 1.165) is 0 Å². The summed E-state index contributed by atoms with van der Waals surface area (Å²) in [5.74, 6) is -0.633. The molecule has 7 heteroatoms. The molecule has 1 saturated heterocycles. The summed E-state index contributed by atoms with van der Waals surface area (Å²) in [6.45, 7) is 2.65. The van der Waals surface area contributed by atoms with Crippen LogP contribution in [0, 0.1) is 0 Å². The fourth-order valence-corrected chi connectivity index (χ4v) is 2.83. The van der Waals surface area contributed by atoms with Gasteiger partial charge in [0.05, 0.1) is 18.7 Å². The Morgan fingerprint density at radius 2 is 2.18 bits per heavy atom. The molecule has 1 aromatic rings. The van der Waals surface area contributed by atoms with Gasteiger partial charge < -0.3 is 19.5 Å². The highest BCUT2D eigenvalue weighted by molar-refractivity contribution is 6.32. The molecule has 1 amide bonds. The number of aliphatic carboxylic acids is 1. The van der Waals surface area contributed by atoms with E-state index >= 15 is 0 Å². The SMILES string of the molecule is CCOc1c(Cl)cc(C(=O)N2CCCC2C(=O)O)cc1OC. The first-order chi connectivity index (χ1) is 10.5. The van der Waals surface area contributed by atoms with Gasteiger partial charge in [0.2, 0.25) is 0 Å². The number of carboxylic acid groups (broad SMARTS) is 1. The average Bonchev–Trinajstić information content (AvgIpc) is 2.98. The minimum Gasteiger partial charge on any atom is -0.493 e. The van der Waals surface area contributed by atoms with E-state index < -0.39 is 12.0 Å². The highest BCUT2D eigenvalue weighted by atomic mass is 35.5. The predicted octanol–water partition coefficient (Wildman–Crippen LogP) is 2.44. The van der Waals surface area contributed by atoms with Crippen LogP contribution in [0.15, 0.2) is 12.1 Å². The predicted molar refractivity (Wildman–Crippen MR) is 80.9 cm³/mol. The second-order valence-electron chi connectivity index (χ2n) is 4.92. The molecule has 0 saturated carbocycles. The molecule has 2 rings (SSSR count). The van der Waals surface area contributed by atoms with Crippen LogP contribution >= 0.6 is 11.6 Å². The van der Waals surface area contributed by atoms with E-state index in [1.807, 2.05) is 6.92 Å². The molecule has 0 bridgehead atoms. The van der Waals surface area contributed by atoms with Crippen molar-refractivity contribution in [2.24, 2.45) is 0 Å². The molecule has 1 aliphatic rings. The zero-order valence-electron chi connectivity index (χ0n) is 12.5. The lowest BCUT2D eigenvalue weighted by atomic mass is 10.1. The Morgan fingerprint density at radius 1 is 1.45 bits per heavy atom. The van der Waals surface area contributed by atoms with Gasteiger partial charge in [0, 0.05) is 12.1 Å². The van der Waals surface area contributed by atoms with Gasteiger partial charge in [-0.05, 0) is 31.9 Å². The summed E-state index contributed by atoms with van der Waals surface area (Å²) in [5.41, 5.74) is 0.290. The number of carboxylic acids is 1. The number of rotatable bonds is 5. The van der Waals surface area contributed by atoms with Crippen molar-refractivity contribution in [1.29, 1.82) is 0 Å². The molecule has 1 aromatic carbocycles. The monoisotopic (exact) mass is 327 g/mol. The summed E-state index contributed by atoms with van der Waals surface area (Å²) in [4.78, 5) is 25.1. The Morgan fingerprint density at radius 3 is 2.77 bits per heavy atom. The summed E-state index contributed by atoms with van der Waals surface area (Å²) >= 11 is 6.15. The molecule has 0 aliphatic carbocycles. The van der Waals surface area contributed by atoms with Crippen molar-refractivity contribution in [2.75, 3.05) is 20.3 Å². The summed E-state index contributed by atoms with van der Waals surface area (Å²) in [6, 6.07) is 2.22. The van der Waals surface area contributed by atoms with E-state index in [1.54, 1.807) is 0 Å². The van der Waals surface area contributed by atoms with Gasteiger partial charge in [0.15, 0.2) is 11.5 Å². The Bertz CT molecular complexity index is 590. The highest BCUT2D eigenvalue weighted by Gasteiger charge is 2.34. The molecule has 1 atom stereocenters. The topological polar surface area (TPSA) is 76.1 Å². The van der Waals surface area contributed by atoms with E-state index in [0.29, 0.717) is 43.1 Å². The Balaban J connectivity index is 2.34. The van der Waals surface area contributed by atoms with Crippen molar-refractivity contribution in [3.63, 3.8) is 0 Å². The Kier molecular flexibility index (Phi) is 5.13. The van der Waals surface area contributed by atoms with Crippen LogP contribution in [0.5, 0.6) is 11.5 Å². The molecule has 1 heterocycles. The minimum absolute atomic E-state index is 0.260. The summed E-state index contributed by atoms with van der Waals surface area (Å²) in [5, 5.41) is 9.44. The molecule has 0 spiro atoms. The molecule has 1 fully saturated rings. The van der Waals surface area contributed by atoms with Gasteiger partial charge in [-0.15, -0.1) is 0 Å². The van der Waals surface area contributed by atoms with Crippen molar-refractivity contribution in [1.82, 2.24) is 4.90 Å². The van der Waals surface area contributed by atoms with Crippen molar-refractivity contribution < 1.29 is 24.2 Å². The number of carbonyl (C=O) groups excluding carboxylic acids is 1. The molecule has 0 aromatic heterocycles. The number of methoxy groups -OCH3 is 1. The van der Waals surface area contributed by atoms with Crippen LogP contribution in [0.25, 0.3) is 0 Å². The van der Waals surface area contributed by atoms with Crippen LogP contribution < -0.4 is 9.47 Å². The van der Waals surface area contributed by atoms with Crippen LogP contribution in [0.3, 0.4) is 0 Å². The van der Waals surface area contributed by atoms with Gasteiger partial charge >= 0.3 is 5.97 Å². The first-order valence-electron chi connectivity index (χ1n) is 7.03. The summed E-state index contributed by atoms with van der Waals surface area (Å²) < 4.78 is 10.6. The van der Waals surface area contributed by atoms with Crippen molar-refractivity contribution in [2.45, 2.75) is 25.8 Å². The molecular formula is C15H18ClNO5. The lowest BCUT2D eigenvalue weighted by Crippen LogP contribution is -2.40. The maximum atomic E-state index is 12.6. The number of hydrogen-bond acceptors (Lipinski definition) is 4. The summed E-state index contributed by atoms with van der Waals surface area (Å²) in [6.07, 6.45) is 1.13. The van der Waals surface area contributed by atoms with E-state index in [-0.39, 0.29) is 10.9 Å². The maximum Gasteiger partial charge on any atom is 0.326 e. The quantitative estimate of drug-likeness (QED) is 0.899. The largest absolute Gasteiger partial charge is 0.493 e. The number of benzene rings is 1. The van der Waals surface area contributed by atoms with Gasteiger partial charge in [-0.2, -0.15) is 0 Å². The molecule has 1 unspecified atom stereocenters. The van der Waals surface area contributed by atoms with Crippen molar-refractivity contribution >= 4 is 23.5 Å². The highest BCUT2D eigenvalue weighted by Crippen LogP contribution is 2.37. The number of carbonyl (C=O) groups is 2. The molecule has 22 heavy (non-hydrogen) atoms. The van der Waals surface area contributed by atoms with Crippen molar-refractivity contribution in [3.05, 3.63) is 22.7 Å². The number of likely N-dealkylation sites (tertiary alicyclic amines) is 1. The normalized spacial score (nSPS) is 17.4. The Labute approximate surface area is 133 Å². The zero-order chi connectivity index (χ0) is 16.3. The number of ether oxygens (including phenoxy) is 2. The second kappa shape index (κ2) is 6.87. The van der Waals surface area contributed by atoms with E-state index in [1.165, 1.54) is 24.1 Å². The van der Waals surface area contributed by atoms with Gasteiger partial charge in [-0.3, -0.25) is 4.79 Å². The molecule has 6 nitrogen and oxygen atoms in total. The number of amides is 1. The second-order valence-corrected chi connectivity index (χ2v) is 5.32. The molecule has 0 radical (unpaired) electrons. The van der Waals surface area contributed by atoms with Gasteiger partial charge in [-0.25, -0.2) is 4.79 Å². The minimum atomic E-state index is -0.991. The fourth-order valence-electron chi connectivity index (χ4n) is 2.56. The third-order valence-electron chi connectivity index (χ3n) is 3.56. The van der Waals surface area contributed by atoms with Crippen molar-refractivity contribution in [3.8, 4) is 11.5 Å². The van der Waals surface area contributed by atoms with E-state index in [4.69, 9.17) is 21.1 Å². The lowest BCUT2D eigenvalue weighted by Gasteiger charge is -2.22. The zero-order valence-corrected chi connectivity index (χ0v) is 13.2. The Hall–Kier alpha value is -1.95. The van der Waals surface area contributed by atoms with Gasteiger partial charge in [0.1, 0.15) is 6.04 Å². The number of halogens is 1. The first-order valence-corrected chi connectivity index (χ1v) is 7.41. The van der Waals surface area contributed by atoms with Crippen LogP contribution in [0.1, 0.15) is 30.1 Å². The fraction of sp³-hybridized carbons (Fsp3) is 0.467. The maximum absolute atomic E-state index is 12.6. The first kappa shape index (κ1) is 16.4. The van der Waals surface area contributed by atoms with Crippen LogP contribution in [-0.2, 0) is 4.79 Å². The third kappa shape index (κ3) is 3.11. The molecule has 1 N–H and O–H groups in total. The van der Waals surface area contributed by atoms with Crippen LogP contribution in [0.2, 0.25) is 5.02 Å².